The third-order valence-corrected chi connectivity index (χ3v) is 4.71. The minimum atomic E-state index is -4.41. The van der Waals surface area contributed by atoms with Gasteiger partial charge in [-0.25, -0.2) is 21.6 Å². The van der Waals surface area contributed by atoms with E-state index in [0.717, 1.165) is 5.39 Å². The molecular weight excluding hydrogens is 327 g/mol. The fourth-order valence-electron chi connectivity index (χ4n) is 2.23. The van der Waals surface area contributed by atoms with Crippen LogP contribution in [0.4, 0.5) is 18.9 Å². The standard InChI is InChI=1S/C16H10F3NO2S/c17-12-8-9-14(16(19)15(12)18)23(21,22)20-13-7-3-5-10-4-1-2-6-11(10)13/h1-9,20H. The molecule has 3 rings (SSSR count). The Labute approximate surface area is 130 Å². The predicted octanol–water partition coefficient (Wildman–Crippen LogP) is 4.06. The summed E-state index contributed by atoms with van der Waals surface area (Å²) >= 11 is 0. The molecule has 3 aromatic carbocycles. The van der Waals surface area contributed by atoms with Crippen LogP contribution in [0.2, 0.25) is 0 Å². The van der Waals surface area contributed by atoms with Crippen LogP contribution in [0.5, 0.6) is 0 Å². The quantitative estimate of drug-likeness (QED) is 0.733. The van der Waals surface area contributed by atoms with Crippen molar-refractivity contribution in [1.82, 2.24) is 0 Å². The molecule has 23 heavy (non-hydrogen) atoms. The topological polar surface area (TPSA) is 46.2 Å². The minimum Gasteiger partial charge on any atom is -0.279 e. The van der Waals surface area contributed by atoms with Crippen LogP contribution in [0.25, 0.3) is 10.8 Å². The number of sulfonamides is 1. The number of halogens is 3. The van der Waals surface area contributed by atoms with Crippen LogP contribution in [-0.4, -0.2) is 8.42 Å². The molecule has 0 saturated heterocycles. The lowest BCUT2D eigenvalue weighted by Gasteiger charge is -2.11. The van der Waals surface area contributed by atoms with Gasteiger partial charge in [0, 0.05) is 5.39 Å². The van der Waals surface area contributed by atoms with E-state index in [1.54, 1.807) is 36.4 Å². The number of benzene rings is 3. The number of rotatable bonds is 3. The Kier molecular flexibility index (Phi) is 3.73. The zero-order valence-corrected chi connectivity index (χ0v) is 12.4. The van der Waals surface area contributed by atoms with Crippen LogP contribution < -0.4 is 4.72 Å². The van der Waals surface area contributed by atoms with E-state index in [-0.39, 0.29) is 5.69 Å². The van der Waals surface area contributed by atoms with Crippen LogP contribution >= 0.6 is 0 Å². The molecule has 0 spiro atoms. The highest BCUT2D eigenvalue weighted by molar-refractivity contribution is 7.92. The average Bonchev–Trinajstić information content (AvgIpc) is 2.52. The summed E-state index contributed by atoms with van der Waals surface area (Å²) in [6.45, 7) is 0. The molecule has 0 radical (unpaired) electrons. The summed E-state index contributed by atoms with van der Waals surface area (Å²) in [6, 6.07) is 13.1. The number of nitrogens with one attached hydrogen (secondary N) is 1. The Bertz CT molecular complexity index is 998. The van der Waals surface area contributed by atoms with E-state index >= 15 is 0 Å². The maximum Gasteiger partial charge on any atom is 0.264 e. The molecule has 1 N–H and O–H groups in total. The Balaban J connectivity index is 2.10. The van der Waals surface area contributed by atoms with Crippen molar-refractivity contribution in [3.63, 3.8) is 0 Å². The second-order valence-corrected chi connectivity index (χ2v) is 6.46. The van der Waals surface area contributed by atoms with Crippen molar-refractivity contribution in [2.45, 2.75) is 4.90 Å². The summed E-state index contributed by atoms with van der Waals surface area (Å²) in [5.41, 5.74) is 0.215. The molecule has 0 heterocycles. The monoisotopic (exact) mass is 337 g/mol. The van der Waals surface area contributed by atoms with Crippen LogP contribution in [0, 0.1) is 17.5 Å². The third-order valence-electron chi connectivity index (χ3n) is 3.32. The largest absolute Gasteiger partial charge is 0.279 e. The van der Waals surface area contributed by atoms with E-state index in [1.165, 1.54) is 6.07 Å². The maximum absolute atomic E-state index is 13.7. The minimum absolute atomic E-state index is 0.215. The van der Waals surface area contributed by atoms with Gasteiger partial charge >= 0.3 is 0 Å². The van der Waals surface area contributed by atoms with Gasteiger partial charge in [0.15, 0.2) is 17.5 Å². The first-order valence-electron chi connectivity index (χ1n) is 6.54. The lowest BCUT2D eigenvalue weighted by atomic mass is 10.1. The van der Waals surface area contributed by atoms with E-state index < -0.39 is 32.4 Å². The van der Waals surface area contributed by atoms with Crippen molar-refractivity contribution in [3.05, 3.63) is 72.0 Å². The summed E-state index contributed by atoms with van der Waals surface area (Å²) in [6.07, 6.45) is 0. The van der Waals surface area contributed by atoms with Crippen molar-refractivity contribution in [2.24, 2.45) is 0 Å². The van der Waals surface area contributed by atoms with E-state index in [0.29, 0.717) is 17.5 Å². The van der Waals surface area contributed by atoms with Gasteiger partial charge in [-0.3, -0.25) is 4.72 Å². The fraction of sp³-hybridized carbons (Fsp3) is 0. The summed E-state index contributed by atoms with van der Waals surface area (Å²) in [4.78, 5) is -0.954. The molecule has 0 saturated carbocycles. The van der Waals surface area contributed by atoms with Crippen LogP contribution in [-0.2, 0) is 10.0 Å². The van der Waals surface area contributed by atoms with Crippen molar-refractivity contribution in [3.8, 4) is 0 Å². The maximum atomic E-state index is 13.7. The molecule has 0 aromatic heterocycles. The molecule has 118 valence electrons. The SMILES string of the molecule is O=S(=O)(Nc1cccc2ccccc12)c1ccc(F)c(F)c1F. The molecule has 0 aliphatic rings. The lowest BCUT2D eigenvalue weighted by Crippen LogP contribution is -2.16. The van der Waals surface area contributed by atoms with Crippen LogP contribution in [0.1, 0.15) is 0 Å². The van der Waals surface area contributed by atoms with E-state index in [1.807, 2.05) is 0 Å². The molecule has 0 bridgehead atoms. The normalized spacial score (nSPS) is 11.6. The molecular formula is C16H10F3NO2S. The highest BCUT2D eigenvalue weighted by Crippen LogP contribution is 2.27. The third kappa shape index (κ3) is 2.75. The van der Waals surface area contributed by atoms with Gasteiger partial charge < -0.3 is 0 Å². The van der Waals surface area contributed by atoms with E-state index in [4.69, 9.17) is 0 Å². The van der Waals surface area contributed by atoms with Crippen molar-refractivity contribution < 1.29 is 21.6 Å². The Morgan fingerprint density at radius 3 is 2.26 bits per heavy atom. The number of hydrogen-bond donors (Lipinski definition) is 1. The zero-order chi connectivity index (χ0) is 16.6. The van der Waals surface area contributed by atoms with Gasteiger partial charge in [-0.05, 0) is 23.6 Å². The number of anilines is 1. The second-order valence-electron chi connectivity index (χ2n) is 4.81. The zero-order valence-electron chi connectivity index (χ0n) is 11.6. The molecule has 3 nitrogen and oxygen atoms in total. The Morgan fingerprint density at radius 2 is 1.48 bits per heavy atom. The smallest absolute Gasteiger partial charge is 0.264 e. The van der Waals surface area contributed by atoms with Gasteiger partial charge in [0.2, 0.25) is 0 Å². The molecule has 0 aliphatic carbocycles. The average molecular weight is 337 g/mol. The van der Waals surface area contributed by atoms with Gasteiger partial charge in [0.25, 0.3) is 10.0 Å². The van der Waals surface area contributed by atoms with Crippen LogP contribution in [0.3, 0.4) is 0 Å². The first-order chi connectivity index (χ1) is 10.9. The van der Waals surface area contributed by atoms with Crippen molar-refractivity contribution >= 4 is 26.5 Å². The second kappa shape index (κ2) is 5.58. The highest BCUT2D eigenvalue weighted by atomic mass is 32.2. The van der Waals surface area contributed by atoms with Crippen molar-refractivity contribution in [1.29, 1.82) is 0 Å². The van der Waals surface area contributed by atoms with Crippen LogP contribution in [0.15, 0.2) is 59.5 Å². The van der Waals surface area contributed by atoms with Crippen molar-refractivity contribution in [2.75, 3.05) is 4.72 Å². The van der Waals surface area contributed by atoms with E-state index in [9.17, 15) is 21.6 Å². The summed E-state index contributed by atoms with van der Waals surface area (Å²) in [7, 11) is -4.41. The Morgan fingerprint density at radius 1 is 0.783 bits per heavy atom. The summed E-state index contributed by atoms with van der Waals surface area (Å²) < 4.78 is 66.8. The van der Waals surface area contributed by atoms with Gasteiger partial charge in [-0.1, -0.05) is 36.4 Å². The lowest BCUT2D eigenvalue weighted by molar-refractivity contribution is 0.432. The van der Waals surface area contributed by atoms with Gasteiger partial charge in [0.05, 0.1) is 5.69 Å². The number of hydrogen-bond acceptors (Lipinski definition) is 2. The molecule has 3 aromatic rings. The summed E-state index contributed by atoms with van der Waals surface area (Å²) in [5, 5.41) is 1.38. The fourth-order valence-corrected chi connectivity index (χ4v) is 3.38. The first-order valence-corrected chi connectivity index (χ1v) is 8.02. The summed E-state index contributed by atoms with van der Waals surface area (Å²) in [5.74, 6) is -5.03. The molecule has 7 heteroatoms. The van der Waals surface area contributed by atoms with Gasteiger partial charge in [0.1, 0.15) is 4.90 Å². The van der Waals surface area contributed by atoms with E-state index in [2.05, 4.69) is 4.72 Å². The molecule has 0 fully saturated rings. The molecule has 0 atom stereocenters. The highest BCUT2D eigenvalue weighted by Gasteiger charge is 2.24. The molecule has 0 aliphatic heterocycles. The van der Waals surface area contributed by atoms with Gasteiger partial charge in [-0.15, -0.1) is 0 Å². The predicted molar refractivity (Wildman–Crippen MR) is 81.1 cm³/mol. The molecule has 0 unspecified atom stereocenters. The van der Waals surface area contributed by atoms with Gasteiger partial charge in [-0.2, -0.15) is 0 Å². The number of fused-ring (bicyclic) bond motifs is 1. The Hall–Kier alpha value is -2.54. The molecule has 0 amide bonds. The first kappa shape index (κ1) is 15.4.